The van der Waals surface area contributed by atoms with E-state index in [1.54, 1.807) is 7.11 Å². The van der Waals surface area contributed by atoms with Gasteiger partial charge in [-0.25, -0.2) is 0 Å². The zero-order valence-corrected chi connectivity index (χ0v) is 9.87. The Morgan fingerprint density at radius 2 is 1.75 bits per heavy atom. The zero-order valence-electron chi connectivity index (χ0n) is 7.87. The van der Waals surface area contributed by atoms with Crippen molar-refractivity contribution < 1.29 is 4.74 Å². The van der Waals surface area contributed by atoms with Crippen LogP contribution in [0.2, 0.25) is 0 Å². The monoisotopic (exact) mass is 171 g/mol. The van der Waals surface area contributed by atoms with E-state index in [0.29, 0.717) is 0 Å². The van der Waals surface area contributed by atoms with Crippen molar-refractivity contribution in [2.75, 3.05) is 7.11 Å². The third-order valence-electron chi connectivity index (χ3n) is 1.47. The second kappa shape index (κ2) is 6.30. The number of rotatable bonds is 2. The predicted molar refractivity (Wildman–Crippen MR) is 53.5 cm³/mol. The average molecular weight is 171 g/mol. The fourth-order valence-corrected chi connectivity index (χ4v) is 0.907. The van der Waals surface area contributed by atoms with Crippen LogP contribution in [0, 0.1) is 0 Å². The standard InChI is InChI=1S/C10H12O.Na/c1-3-4-9-5-7-10(11-2)8-6-9;/h3-8H,1-2H3;/b4-3+;. The molecule has 0 aliphatic carbocycles. The Morgan fingerprint density at radius 1 is 1.17 bits per heavy atom. The van der Waals surface area contributed by atoms with Crippen LogP contribution in [0.1, 0.15) is 12.5 Å². The summed E-state index contributed by atoms with van der Waals surface area (Å²) in [7, 11) is 1.67. The Kier molecular flexibility index (Phi) is 6.17. The van der Waals surface area contributed by atoms with Gasteiger partial charge in [0, 0.05) is 29.6 Å². The maximum absolute atomic E-state index is 5.02. The van der Waals surface area contributed by atoms with E-state index in [1.165, 1.54) is 5.56 Å². The van der Waals surface area contributed by atoms with Gasteiger partial charge < -0.3 is 4.74 Å². The van der Waals surface area contributed by atoms with Gasteiger partial charge in [-0.3, -0.25) is 0 Å². The molecule has 0 N–H and O–H groups in total. The molecule has 0 aliphatic heterocycles. The summed E-state index contributed by atoms with van der Waals surface area (Å²) in [6.45, 7) is 2.00. The van der Waals surface area contributed by atoms with Crippen molar-refractivity contribution in [3.63, 3.8) is 0 Å². The SMILES string of the molecule is C/C=C/c1ccc(OC)cc1.[Na]. The molecule has 0 aliphatic rings. The topological polar surface area (TPSA) is 9.23 Å². The molecule has 0 unspecified atom stereocenters. The average Bonchev–Trinajstić information content (AvgIpc) is 2.07. The number of benzene rings is 1. The summed E-state index contributed by atoms with van der Waals surface area (Å²) in [6.07, 6.45) is 4.07. The summed E-state index contributed by atoms with van der Waals surface area (Å²) in [5.41, 5.74) is 1.20. The molecule has 12 heavy (non-hydrogen) atoms. The summed E-state index contributed by atoms with van der Waals surface area (Å²) >= 11 is 0. The summed E-state index contributed by atoms with van der Waals surface area (Å²) < 4.78 is 5.02. The fraction of sp³-hybridized carbons (Fsp3) is 0.200. The van der Waals surface area contributed by atoms with E-state index in [1.807, 2.05) is 37.3 Å². The Balaban J connectivity index is 0.00000121. The van der Waals surface area contributed by atoms with Crippen LogP contribution in [-0.2, 0) is 0 Å². The van der Waals surface area contributed by atoms with E-state index < -0.39 is 0 Å². The molecule has 0 amide bonds. The van der Waals surface area contributed by atoms with Crippen LogP contribution in [0.15, 0.2) is 30.3 Å². The van der Waals surface area contributed by atoms with Gasteiger partial charge in [-0.2, -0.15) is 0 Å². The fourth-order valence-electron chi connectivity index (χ4n) is 0.907. The molecule has 2 heteroatoms. The van der Waals surface area contributed by atoms with E-state index in [-0.39, 0.29) is 29.6 Å². The molecular weight excluding hydrogens is 159 g/mol. The summed E-state index contributed by atoms with van der Waals surface area (Å²) in [5.74, 6) is 0.901. The van der Waals surface area contributed by atoms with Crippen LogP contribution in [0.5, 0.6) is 5.75 Å². The minimum absolute atomic E-state index is 0. The van der Waals surface area contributed by atoms with Gasteiger partial charge in [0.05, 0.1) is 7.11 Å². The molecule has 1 radical (unpaired) electrons. The van der Waals surface area contributed by atoms with E-state index in [0.717, 1.165) is 5.75 Å². The first kappa shape index (κ1) is 11.8. The molecule has 1 aromatic carbocycles. The minimum atomic E-state index is 0. The van der Waals surface area contributed by atoms with Gasteiger partial charge >= 0.3 is 0 Å². The third kappa shape index (κ3) is 3.44. The molecule has 0 aromatic heterocycles. The van der Waals surface area contributed by atoms with E-state index in [4.69, 9.17) is 4.74 Å². The smallest absolute Gasteiger partial charge is 0.118 e. The summed E-state index contributed by atoms with van der Waals surface area (Å²) in [5, 5.41) is 0. The van der Waals surface area contributed by atoms with Gasteiger partial charge in [-0.15, -0.1) is 0 Å². The maximum Gasteiger partial charge on any atom is 0.118 e. The molecule has 1 nitrogen and oxygen atoms in total. The number of hydrogen-bond donors (Lipinski definition) is 0. The summed E-state index contributed by atoms with van der Waals surface area (Å²) in [4.78, 5) is 0. The van der Waals surface area contributed by atoms with Crippen molar-refractivity contribution in [3.05, 3.63) is 35.9 Å². The van der Waals surface area contributed by atoms with Crippen LogP contribution in [0.4, 0.5) is 0 Å². The van der Waals surface area contributed by atoms with Crippen molar-refractivity contribution in [3.8, 4) is 5.75 Å². The van der Waals surface area contributed by atoms with Crippen LogP contribution in [0.25, 0.3) is 6.08 Å². The molecule has 0 spiro atoms. The molecule has 0 saturated carbocycles. The maximum atomic E-state index is 5.02. The van der Waals surface area contributed by atoms with Gasteiger partial charge in [0.25, 0.3) is 0 Å². The first-order valence-corrected chi connectivity index (χ1v) is 3.63. The normalized spacial score (nSPS) is 9.50. The van der Waals surface area contributed by atoms with Gasteiger partial charge in [-0.1, -0.05) is 24.3 Å². The van der Waals surface area contributed by atoms with Crippen LogP contribution in [0.3, 0.4) is 0 Å². The van der Waals surface area contributed by atoms with Gasteiger partial charge in [0.15, 0.2) is 0 Å². The minimum Gasteiger partial charge on any atom is -0.497 e. The third-order valence-corrected chi connectivity index (χ3v) is 1.47. The van der Waals surface area contributed by atoms with Crippen LogP contribution < -0.4 is 4.74 Å². The first-order chi connectivity index (χ1) is 5.36. The Hall–Kier alpha value is -0.240. The largest absolute Gasteiger partial charge is 0.497 e. The Labute approximate surface area is 95.7 Å². The number of methoxy groups -OCH3 is 1. The first-order valence-electron chi connectivity index (χ1n) is 3.63. The van der Waals surface area contributed by atoms with Crippen LogP contribution in [-0.4, -0.2) is 36.7 Å². The Bertz CT molecular complexity index is 239. The molecule has 0 saturated heterocycles. The number of hydrogen-bond acceptors (Lipinski definition) is 1. The summed E-state index contributed by atoms with van der Waals surface area (Å²) in [6, 6.07) is 7.96. The molecule has 59 valence electrons. The second-order valence-corrected chi connectivity index (χ2v) is 2.27. The van der Waals surface area contributed by atoms with E-state index in [9.17, 15) is 0 Å². The molecule has 0 bridgehead atoms. The molecule has 0 fully saturated rings. The van der Waals surface area contributed by atoms with Crippen molar-refractivity contribution in [2.45, 2.75) is 6.92 Å². The zero-order chi connectivity index (χ0) is 8.10. The number of ether oxygens (including phenoxy) is 1. The van der Waals surface area contributed by atoms with Crippen molar-refractivity contribution in [1.82, 2.24) is 0 Å². The van der Waals surface area contributed by atoms with E-state index in [2.05, 4.69) is 6.08 Å². The van der Waals surface area contributed by atoms with E-state index >= 15 is 0 Å². The van der Waals surface area contributed by atoms with Gasteiger partial charge in [0.2, 0.25) is 0 Å². The predicted octanol–water partition coefficient (Wildman–Crippen LogP) is 2.35. The van der Waals surface area contributed by atoms with Crippen molar-refractivity contribution in [1.29, 1.82) is 0 Å². The van der Waals surface area contributed by atoms with Crippen molar-refractivity contribution >= 4 is 35.6 Å². The molecule has 1 rings (SSSR count). The molecular formula is C10H12NaO. The van der Waals surface area contributed by atoms with Crippen molar-refractivity contribution in [2.24, 2.45) is 0 Å². The molecule has 0 heterocycles. The van der Waals surface area contributed by atoms with Crippen LogP contribution >= 0.6 is 0 Å². The number of allylic oxidation sites excluding steroid dienone is 1. The quantitative estimate of drug-likeness (QED) is 0.620. The van der Waals surface area contributed by atoms with Gasteiger partial charge in [0.1, 0.15) is 5.75 Å². The Morgan fingerprint density at radius 3 is 2.17 bits per heavy atom. The van der Waals surface area contributed by atoms with Gasteiger partial charge in [-0.05, 0) is 24.6 Å². The molecule has 1 aromatic rings. The molecule has 0 atom stereocenters. The second-order valence-electron chi connectivity index (χ2n) is 2.27.